The fourth-order valence-electron chi connectivity index (χ4n) is 2.49. The highest BCUT2D eigenvalue weighted by Crippen LogP contribution is 2.21. The lowest BCUT2D eigenvalue weighted by Gasteiger charge is -2.30. The summed E-state index contributed by atoms with van der Waals surface area (Å²) in [6.45, 7) is 3.03. The minimum Gasteiger partial charge on any atom is -0.383 e. The summed E-state index contributed by atoms with van der Waals surface area (Å²) in [4.78, 5) is 14.0. The van der Waals surface area contributed by atoms with E-state index in [0.29, 0.717) is 19.2 Å². The van der Waals surface area contributed by atoms with E-state index in [1.54, 1.807) is 7.11 Å². The van der Waals surface area contributed by atoms with Crippen molar-refractivity contribution in [3.8, 4) is 0 Å². The van der Waals surface area contributed by atoms with Gasteiger partial charge in [-0.05, 0) is 26.8 Å². The largest absolute Gasteiger partial charge is 0.383 e. The van der Waals surface area contributed by atoms with Crippen LogP contribution < -0.4 is 5.32 Å². The Bertz CT molecular complexity index is 227. The topological polar surface area (TPSA) is 41.6 Å². The third kappa shape index (κ3) is 5.50. The van der Waals surface area contributed by atoms with Gasteiger partial charge >= 0.3 is 0 Å². The molecule has 0 radical (unpaired) electrons. The molecule has 0 saturated heterocycles. The van der Waals surface area contributed by atoms with Crippen LogP contribution in [0.2, 0.25) is 0 Å². The first-order valence-electron chi connectivity index (χ1n) is 6.62. The van der Waals surface area contributed by atoms with Crippen LogP contribution in [-0.4, -0.2) is 50.2 Å². The first-order valence-corrected chi connectivity index (χ1v) is 6.62. The molecule has 0 bridgehead atoms. The Morgan fingerprint density at radius 2 is 2.06 bits per heavy atom. The summed E-state index contributed by atoms with van der Waals surface area (Å²) in [6, 6.07) is 0.680. The van der Waals surface area contributed by atoms with Gasteiger partial charge < -0.3 is 10.1 Å². The van der Waals surface area contributed by atoms with Crippen LogP contribution in [0.3, 0.4) is 0 Å². The Hall–Kier alpha value is -0.610. The van der Waals surface area contributed by atoms with Crippen LogP contribution in [-0.2, 0) is 9.53 Å². The van der Waals surface area contributed by atoms with Crippen LogP contribution in [0.15, 0.2) is 0 Å². The third-order valence-corrected chi connectivity index (χ3v) is 3.42. The summed E-state index contributed by atoms with van der Waals surface area (Å²) >= 11 is 0. The molecule has 1 fully saturated rings. The third-order valence-electron chi connectivity index (χ3n) is 3.42. The summed E-state index contributed by atoms with van der Waals surface area (Å²) in [5.74, 6) is 0.0997. The van der Waals surface area contributed by atoms with E-state index >= 15 is 0 Å². The molecule has 0 aromatic heterocycles. The molecule has 0 aromatic rings. The minimum atomic E-state index is 0.0901. The van der Waals surface area contributed by atoms with E-state index in [1.165, 1.54) is 32.1 Å². The van der Waals surface area contributed by atoms with E-state index in [4.69, 9.17) is 4.74 Å². The van der Waals surface area contributed by atoms with Crippen molar-refractivity contribution < 1.29 is 9.53 Å². The smallest absolute Gasteiger partial charge is 0.234 e. The highest BCUT2D eigenvalue weighted by atomic mass is 16.5. The Kier molecular flexibility index (Phi) is 6.52. The predicted octanol–water partition coefficient (Wildman–Crippen LogP) is 1.40. The molecule has 1 N–H and O–H groups in total. The van der Waals surface area contributed by atoms with Gasteiger partial charge in [0.05, 0.1) is 13.2 Å². The van der Waals surface area contributed by atoms with Gasteiger partial charge in [0.1, 0.15) is 0 Å². The van der Waals surface area contributed by atoms with E-state index in [-0.39, 0.29) is 11.9 Å². The van der Waals surface area contributed by atoms with Gasteiger partial charge in [0.15, 0.2) is 0 Å². The Balaban J connectivity index is 2.24. The number of carbonyl (C=O) groups excluding carboxylic acids is 1. The highest BCUT2D eigenvalue weighted by Gasteiger charge is 2.20. The van der Waals surface area contributed by atoms with Gasteiger partial charge in [0.2, 0.25) is 5.91 Å². The van der Waals surface area contributed by atoms with Crippen LogP contribution >= 0.6 is 0 Å². The zero-order chi connectivity index (χ0) is 12.7. The van der Waals surface area contributed by atoms with Crippen molar-refractivity contribution in [3.63, 3.8) is 0 Å². The fraction of sp³-hybridized carbons (Fsp3) is 0.923. The van der Waals surface area contributed by atoms with Crippen LogP contribution in [0.4, 0.5) is 0 Å². The molecule has 1 rings (SSSR count). The Labute approximate surface area is 105 Å². The molecule has 100 valence electrons. The number of nitrogens with zero attached hydrogens (tertiary/aromatic N) is 1. The Morgan fingerprint density at radius 1 is 1.41 bits per heavy atom. The maximum absolute atomic E-state index is 11.8. The summed E-state index contributed by atoms with van der Waals surface area (Å²) in [7, 11) is 3.70. The van der Waals surface area contributed by atoms with Crippen LogP contribution in [0, 0.1) is 0 Å². The van der Waals surface area contributed by atoms with Crippen molar-refractivity contribution in [2.24, 2.45) is 0 Å². The first kappa shape index (κ1) is 14.5. The molecule has 17 heavy (non-hydrogen) atoms. The van der Waals surface area contributed by atoms with Gasteiger partial charge in [0.25, 0.3) is 0 Å². The van der Waals surface area contributed by atoms with Crippen LogP contribution in [0.1, 0.15) is 39.0 Å². The number of ether oxygens (including phenoxy) is 1. The number of rotatable bonds is 6. The number of hydrogen-bond donors (Lipinski definition) is 1. The molecular formula is C13H26N2O2. The van der Waals surface area contributed by atoms with Gasteiger partial charge in [-0.15, -0.1) is 0 Å². The highest BCUT2D eigenvalue weighted by molar-refractivity contribution is 5.78. The zero-order valence-electron chi connectivity index (χ0n) is 11.4. The maximum atomic E-state index is 11.8. The second-order valence-corrected chi connectivity index (χ2v) is 5.13. The van der Waals surface area contributed by atoms with Crippen LogP contribution in [0.5, 0.6) is 0 Å². The molecule has 1 amide bonds. The number of amides is 1. The lowest BCUT2D eigenvalue weighted by molar-refractivity contribution is -0.123. The fourth-order valence-corrected chi connectivity index (χ4v) is 2.49. The summed E-state index contributed by atoms with van der Waals surface area (Å²) in [5.41, 5.74) is 0. The zero-order valence-corrected chi connectivity index (χ0v) is 11.4. The standard InChI is InChI=1S/C13H26N2O2/c1-11(10-17-3)14-13(16)9-15(2)12-7-5-4-6-8-12/h11-12H,4-10H2,1-3H3,(H,14,16). The average molecular weight is 242 g/mol. The van der Waals surface area contributed by atoms with E-state index in [0.717, 1.165) is 0 Å². The molecule has 1 aliphatic carbocycles. The molecule has 1 unspecified atom stereocenters. The monoisotopic (exact) mass is 242 g/mol. The molecule has 1 atom stereocenters. The van der Waals surface area contributed by atoms with Crippen LogP contribution in [0.25, 0.3) is 0 Å². The van der Waals surface area contributed by atoms with Crippen molar-refractivity contribution in [2.45, 2.75) is 51.1 Å². The Morgan fingerprint density at radius 3 is 2.65 bits per heavy atom. The number of likely N-dealkylation sites (N-methyl/N-ethyl adjacent to an activating group) is 1. The van der Waals surface area contributed by atoms with Gasteiger partial charge in [0, 0.05) is 19.2 Å². The van der Waals surface area contributed by atoms with Crippen molar-refractivity contribution >= 4 is 5.91 Å². The second kappa shape index (κ2) is 7.67. The molecule has 1 saturated carbocycles. The van der Waals surface area contributed by atoms with E-state index in [2.05, 4.69) is 17.3 Å². The van der Waals surface area contributed by atoms with Gasteiger partial charge in [-0.2, -0.15) is 0 Å². The van der Waals surface area contributed by atoms with Crippen molar-refractivity contribution in [1.29, 1.82) is 0 Å². The average Bonchev–Trinajstić information content (AvgIpc) is 2.30. The predicted molar refractivity (Wildman–Crippen MR) is 69.0 cm³/mol. The van der Waals surface area contributed by atoms with Gasteiger partial charge in [-0.3, -0.25) is 9.69 Å². The molecule has 0 spiro atoms. The second-order valence-electron chi connectivity index (χ2n) is 5.13. The van der Waals surface area contributed by atoms with Crippen molar-refractivity contribution in [3.05, 3.63) is 0 Å². The SMILES string of the molecule is COCC(C)NC(=O)CN(C)C1CCCCC1. The molecule has 4 nitrogen and oxygen atoms in total. The quantitative estimate of drug-likeness (QED) is 0.765. The van der Waals surface area contributed by atoms with E-state index in [9.17, 15) is 4.79 Å². The number of carbonyl (C=O) groups is 1. The molecular weight excluding hydrogens is 216 g/mol. The minimum absolute atomic E-state index is 0.0901. The molecule has 0 aliphatic heterocycles. The van der Waals surface area contributed by atoms with Crippen molar-refractivity contribution in [2.75, 3.05) is 27.3 Å². The van der Waals surface area contributed by atoms with Gasteiger partial charge in [-0.1, -0.05) is 19.3 Å². The number of methoxy groups -OCH3 is 1. The molecule has 1 aliphatic rings. The van der Waals surface area contributed by atoms with E-state index in [1.807, 2.05) is 6.92 Å². The van der Waals surface area contributed by atoms with Gasteiger partial charge in [-0.25, -0.2) is 0 Å². The molecule has 0 aromatic carbocycles. The summed E-state index contributed by atoms with van der Waals surface area (Å²) < 4.78 is 5.00. The normalized spacial score (nSPS) is 19.3. The number of hydrogen-bond acceptors (Lipinski definition) is 3. The molecule has 0 heterocycles. The number of nitrogens with one attached hydrogen (secondary N) is 1. The first-order chi connectivity index (χ1) is 8.13. The van der Waals surface area contributed by atoms with E-state index < -0.39 is 0 Å². The van der Waals surface area contributed by atoms with Crippen molar-refractivity contribution in [1.82, 2.24) is 10.2 Å². The summed E-state index contributed by atoms with van der Waals surface area (Å²) in [5, 5.41) is 2.95. The summed E-state index contributed by atoms with van der Waals surface area (Å²) in [6.07, 6.45) is 6.42. The molecule has 4 heteroatoms. The maximum Gasteiger partial charge on any atom is 0.234 e. The lowest BCUT2D eigenvalue weighted by atomic mass is 9.94. The lowest BCUT2D eigenvalue weighted by Crippen LogP contribution is -2.44.